The summed E-state index contributed by atoms with van der Waals surface area (Å²) in [6.07, 6.45) is 1.66. The molecule has 0 aliphatic carbocycles. The van der Waals surface area contributed by atoms with Crippen molar-refractivity contribution >= 4 is 35.0 Å². The van der Waals surface area contributed by atoms with Gasteiger partial charge in [0.25, 0.3) is 5.56 Å². The smallest absolute Gasteiger partial charge is 0.338 e. The topological polar surface area (TPSA) is 119 Å². The predicted molar refractivity (Wildman–Crippen MR) is 169 cm³/mol. The van der Waals surface area contributed by atoms with E-state index in [1.165, 1.54) is 23.0 Å². The van der Waals surface area contributed by atoms with Crippen LogP contribution in [0.4, 0.5) is 0 Å². The second-order valence-corrected chi connectivity index (χ2v) is 11.3. The fourth-order valence-corrected chi connectivity index (χ4v) is 6.42. The van der Waals surface area contributed by atoms with E-state index >= 15 is 0 Å². The molecule has 0 saturated heterocycles. The van der Waals surface area contributed by atoms with E-state index in [2.05, 4.69) is 0 Å². The number of ether oxygens (including phenoxy) is 4. The third kappa shape index (κ3) is 5.20. The van der Waals surface area contributed by atoms with E-state index in [0.29, 0.717) is 54.7 Å². The Labute approximate surface area is 266 Å². The lowest BCUT2D eigenvalue weighted by Crippen LogP contribution is -2.40. The maximum atomic E-state index is 14.2. The number of hydrogen-bond donors (Lipinski definition) is 0. The van der Waals surface area contributed by atoms with Crippen molar-refractivity contribution in [2.45, 2.75) is 13.0 Å². The molecular formula is C35H26N2O8S. The van der Waals surface area contributed by atoms with Crippen LogP contribution >= 0.6 is 11.3 Å². The number of carbonyl (C=O) groups is 2. The molecule has 10 nitrogen and oxygen atoms in total. The lowest BCUT2D eigenvalue weighted by atomic mass is 9.93. The highest BCUT2D eigenvalue weighted by atomic mass is 32.1. The summed E-state index contributed by atoms with van der Waals surface area (Å²) in [6.45, 7) is 1.96. The van der Waals surface area contributed by atoms with Gasteiger partial charge in [-0.2, -0.15) is 0 Å². The zero-order chi connectivity index (χ0) is 31.8. The molecule has 2 aromatic heterocycles. The van der Waals surface area contributed by atoms with Gasteiger partial charge < -0.3 is 23.4 Å². The van der Waals surface area contributed by atoms with Crippen molar-refractivity contribution in [1.29, 1.82) is 0 Å². The molecule has 0 spiro atoms. The molecule has 46 heavy (non-hydrogen) atoms. The number of aromatic nitrogens is 1. The number of thiazole rings is 1. The van der Waals surface area contributed by atoms with Gasteiger partial charge in [-0.25, -0.2) is 14.6 Å². The SMILES string of the molecule is CCOC(=O)C1=C(c2ccccc2)N=c2s/c(=C\c3ccc(-c4ccc(C(=O)OC)cc4)o3)c(=O)n2C1c1ccc2c(c1)OCO2. The van der Waals surface area contributed by atoms with E-state index in [-0.39, 0.29) is 24.5 Å². The highest BCUT2D eigenvalue weighted by molar-refractivity contribution is 7.07. The Bertz CT molecular complexity index is 2190. The highest BCUT2D eigenvalue weighted by Crippen LogP contribution is 2.40. The Morgan fingerprint density at radius 3 is 2.50 bits per heavy atom. The lowest BCUT2D eigenvalue weighted by molar-refractivity contribution is -0.138. The Kier molecular flexibility index (Phi) is 7.59. The zero-order valence-electron chi connectivity index (χ0n) is 24.7. The molecule has 0 bridgehead atoms. The van der Waals surface area contributed by atoms with Crippen LogP contribution in [0.3, 0.4) is 0 Å². The maximum Gasteiger partial charge on any atom is 0.338 e. The number of benzene rings is 3. The summed E-state index contributed by atoms with van der Waals surface area (Å²) < 4.78 is 29.4. The van der Waals surface area contributed by atoms with Gasteiger partial charge in [0.1, 0.15) is 11.5 Å². The average Bonchev–Trinajstić information content (AvgIpc) is 3.83. The van der Waals surface area contributed by atoms with Crippen LogP contribution in [0.5, 0.6) is 11.5 Å². The summed E-state index contributed by atoms with van der Waals surface area (Å²) in [7, 11) is 1.33. The van der Waals surface area contributed by atoms with Gasteiger partial charge >= 0.3 is 11.9 Å². The summed E-state index contributed by atoms with van der Waals surface area (Å²) in [5, 5.41) is 0. The standard InChI is InChI=1S/C35H26N2O8S/c1-3-42-34(40)29-30(21-7-5-4-6-8-21)36-35-37(31(29)23-13-15-26-27(17-23)44-19-43-26)32(38)28(46-35)18-24-14-16-25(45-24)20-9-11-22(12-10-20)33(39)41-2/h4-18,31H,3,19H2,1-2H3/b28-18-. The first kappa shape index (κ1) is 29.1. The lowest BCUT2D eigenvalue weighted by Gasteiger charge is -2.26. The molecule has 1 atom stereocenters. The minimum absolute atomic E-state index is 0.0813. The first-order chi connectivity index (χ1) is 22.4. The third-order valence-corrected chi connectivity index (χ3v) is 8.56. The van der Waals surface area contributed by atoms with Crippen molar-refractivity contribution in [1.82, 2.24) is 4.57 Å². The summed E-state index contributed by atoms with van der Waals surface area (Å²) in [4.78, 5) is 44.9. The number of carbonyl (C=O) groups excluding carboxylic acids is 2. The minimum atomic E-state index is -0.859. The molecule has 0 N–H and O–H groups in total. The van der Waals surface area contributed by atoms with E-state index in [9.17, 15) is 14.4 Å². The predicted octanol–water partition coefficient (Wildman–Crippen LogP) is 4.71. The Balaban J connectivity index is 1.38. The van der Waals surface area contributed by atoms with Gasteiger partial charge in [-0.1, -0.05) is 59.9 Å². The fourth-order valence-electron chi connectivity index (χ4n) is 5.44. The molecule has 5 aromatic rings. The van der Waals surface area contributed by atoms with Crippen LogP contribution < -0.4 is 24.4 Å². The first-order valence-corrected chi connectivity index (χ1v) is 15.2. The van der Waals surface area contributed by atoms with Crippen molar-refractivity contribution in [2.24, 2.45) is 4.99 Å². The second-order valence-electron chi connectivity index (χ2n) is 10.3. The Morgan fingerprint density at radius 1 is 0.957 bits per heavy atom. The number of nitrogens with zero attached hydrogens (tertiary/aromatic N) is 2. The fraction of sp³-hybridized carbons (Fsp3) is 0.143. The summed E-state index contributed by atoms with van der Waals surface area (Å²) in [5.41, 5.74) is 2.84. The molecule has 0 radical (unpaired) electrons. The van der Waals surface area contributed by atoms with E-state index in [0.717, 1.165) is 5.56 Å². The number of esters is 2. The normalized spacial score (nSPS) is 15.3. The molecular weight excluding hydrogens is 608 g/mol. The highest BCUT2D eigenvalue weighted by Gasteiger charge is 2.36. The van der Waals surface area contributed by atoms with Crippen molar-refractivity contribution in [2.75, 3.05) is 20.5 Å². The first-order valence-electron chi connectivity index (χ1n) is 14.4. The summed E-state index contributed by atoms with van der Waals surface area (Å²) >= 11 is 1.19. The van der Waals surface area contributed by atoms with Crippen LogP contribution in [-0.4, -0.2) is 37.0 Å². The molecule has 0 amide bonds. The Morgan fingerprint density at radius 2 is 1.74 bits per heavy atom. The molecule has 2 aliphatic heterocycles. The largest absolute Gasteiger partial charge is 0.465 e. The van der Waals surface area contributed by atoms with Gasteiger partial charge in [-0.3, -0.25) is 9.36 Å². The van der Waals surface area contributed by atoms with Crippen molar-refractivity contribution in [3.05, 3.63) is 133 Å². The summed E-state index contributed by atoms with van der Waals surface area (Å²) in [6, 6.07) is 24.2. The van der Waals surface area contributed by atoms with E-state index in [4.69, 9.17) is 28.4 Å². The third-order valence-electron chi connectivity index (χ3n) is 7.58. The van der Waals surface area contributed by atoms with Gasteiger partial charge in [0.05, 0.1) is 41.1 Å². The molecule has 230 valence electrons. The molecule has 4 heterocycles. The molecule has 3 aromatic carbocycles. The average molecular weight is 635 g/mol. The maximum absolute atomic E-state index is 14.2. The molecule has 11 heteroatoms. The van der Waals surface area contributed by atoms with Crippen LogP contribution in [0.1, 0.15) is 40.2 Å². The van der Waals surface area contributed by atoms with E-state index in [1.54, 1.807) is 61.5 Å². The number of rotatable bonds is 7. The molecule has 2 aliphatic rings. The monoisotopic (exact) mass is 634 g/mol. The van der Waals surface area contributed by atoms with Gasteiger partial charge in [0.2, 0.25) is 6.79 Å². The summed E-state index contributed by atoms with van der Waals surface area (Å²) in [5.74, 6) is 1.10. The second kappa shape index (κ2) is 12.0. The van der Waals surface area contributed by atoms with Crippen molar-refractivity contribution < 1.29 is 33.0 Å². The van der Waals surface area contributed by atoms with E-state index in [1.807, 2.05) is 36.4 Å². The van der Waals surface area contributed by atoms with Crippen molar-refractivity contribution in [3.8, 4) is 22.8 Å². The molecule has 0 saturated carbocycles. The van der Waals surface area contributed by atoms with Gasteiger partial charge in [-0.15, -0.1) is 0 Å². The van der Waals surface area contributed by atoms with Crippen LogP contribution in [0.2, 0.25) is 0 Å². The van der Waals surface area contributed by atoms with Gasteiger partial charge in [0.15, 0.2) is 16.3 Å². The van der Waals surface area contributed by atoms with Gasteiger partial charge in [-0.05, 0) is 48.9 Å². The molecule has 1 unspecified atom stereocenters. The number of furan rings is 1. The van der Waals surface area contributed by atoms with Crippen LogP contribution in [0.15, 0.2) is 105 Å². The molecule has 7 rings (SSSR count). The zero-order valence-corrected chi connectivity index (χ0v) is 25.5. The number of hydrogen-bond acceptors (Lipinski definition) is 10. The quantitative estimate of drug-likeness (QED) is 0.236. The van der Waals surface area contributed by atoms with E-state index < -0.39 is 18.0 Å². The Hall–Kier alpha value is -5.68. The van der Waals surface area contributed by atoms with Gasteiger partial charge in [0, 0.05) is 17.2 Å². The minimum Gasteiger partial charge on any atom is -0.465 e. The number of methoxy groups -OCH3 is 1. The van der Waals surface area contributed by atoms with Crippen molar-refractivity contribution in [3.63, 3.8) is 0 Å². The van der Waals surface area contributed by atoms with Crippen LogP contribution in [-0.2, 0) is 14.3 Å². The van der Waals surface area contributed by atoms with Crippen LogP contribution in [0.25, 0.3) is 23.1 Å². The van der Waals surface area contributed by atoms with Crippen LogP contribution in [0, 0.1) is 0 Å². The number of fused-ring (bicyclic) bond motifs is 2. The molecule has 0 fully saturated rings.